The molecule has 0 spiro atoms. The summed E-state index contributed by atoms with van der Waals surface area (Å²) in [7, 11) is 0. The molecule has 0 aliphatic rings. The molecule has 0 atom stereocenters. The first-order valence-electron chi connectivity index (χ1n) is 5.68. The number of nitrogens with two attached hydrogens (primary N) is 1. The molecule has 0 aliphatic heterocycles. The number of hydrogen-bond acceptors (Lipinski definition) is 5. The van der Waals surface area contributed by atoms with E-state index in [1.807, 2.05) is 12.1 Å². The fourth-order valence-corrected chi connectivity index (χ4v) is 2.64. The Morgan fingerprint density at radius 3 is 2.94 bits per heavy atom. The summed E-state index contributed by atoms with van der Waals surface area (Å²) < 4.78 is 6.15. The van der Waals surface area contributed by atoms with E-state index in [9.17, 15) is 0 Å². The van der Waals surface area contributed by atoms with Gasteiger partial charge in [-0.3, -0.25) is 0 Å². The second kappa shape index (κ2) is 4.80. The molecule has 0 amide bonds. The highest BCUT2D eigenvalue weighted by atomic mass is 32.1. The molecule has 2 heterocycles. The minimum Gasteiger partial charge on any atom is -0.472 e. The van der Waals surface area contributed by atoms with Crippen LogP contribution < -0.4 is 11.1 Å². The standard InChI is InChI=1S/C13H13N3OS/c14-13-16-11-2-1-9(5-12(11)18-13)6-15-7-10-3-4-17-8-10/h1-5,8,15H,6-7H2,(H2,14,16). The van der Waals surface area contributed by atoms with E-state index in [2.05, 4.69) is 22.4 Å². The maximum absolute atomic E-state index is 5.69. The van der Waals surface area contributed by atoms with Crippen LogP contribution in [0.2, 0.25) is 0 Å². The molecule has 0 aliphatic carbocycles. The minimum absolute atomic E-state index is 0.619. The largest absolute Gasteiger partial charge is 0.472 e. The zero-order valence-corrected chi connectivity index (χ0v) is 10.5. The van der Waals surface area contributed by atoms with Gasteiger partial charge in [-0.15, -0.1) is 0 Å². The summed E-state index contributed by atoms with van der Waals surface area (Å²) >= 11 is 1.52. The highest BCUT2D eigenvalue weighted by Gasteiger charge is 2.02. The highest BCUT2D eigenvalue weighted by molar-refractivity contribution is 7.22. The lowest BCUT2D eigenvalue weighted by atomic mass is 10.2. The van der Waals surface area contributed by atoms with Gasteiger partial charge in [0.1, 0.15) is 0 Å². The smallest absolute Gasteiger partial charge is 0.181 e. The van der Waals surface area contributed by atoms with E-state index in [-0.39, 0.29) is 0 Å². The van der Waals surface area contributed by atoms with Gasteiger partial charge in [0.2, 0.25) is 0 Å². The van der Waals surface area contributed by atoms with Gasteiger partial charge in [-0.1, -0.05) is 17.4 Å². The molecule has 0 bridgehead atoms. The van der Waals surface area contributed by atoms with Gasteiger partial charge in [0.25, 0.3) is 0 Å². The normalized spacial score (nSPS) is 11.1. The van der Waals surface area contributed by atoms with Crippen LogP contribution >= 0.6 is 11.3 Å². The zero-order valence-electron chi connectivity index (χ0n) is 9.72. The molecule has 3 aromatic rings. The molecule has 0 saturated heterocycles. The van der Waals surface area contributed by atoms with Crippen molar-refractivity contribution in [1.29, 1.82) is 0 Å². The van der Waals surface area contributed by atoms with Gasteiger partial charge >= 0.3 is 0 Å². The second-order valence-electron chi connectivity index (χ2n) is 4.09. The van der Waals surface area contributed by atoms with Gasteiger partial charge in [-0.25, -0.2) is 4.98 Å². The lowest BCUT2D eigenvalue weighted by Gasteiger charge is -2.03. The molecule has 0 fully saturated rings. The Balaban J connectivity index is 1.67. The van der Waals surface area contributed by atoms with Gasteiger partial charge in [-0.2, -0.15) is 0 Å². The Morgan fingerprint density at radius 2 is 2.11 bits per heavy atom. The maximum atomic E-state index is 5.69. The zero-order chi connectivity index (χ0) is 12.4. The van der Waals surface area contributed by atoms with Crippen LogP contribution in [0.25, 0.3) is 10.2 Å². The van der Waals surface area contributed by atoms with Crippen LogP contribution in [-0.4, -0.2) is 4.98 Å². The predicted molar refractivity (Wildman–Crippen MR) is 73.3 cm³/mol. The third kappa shape index (κ3) is 2.37. The van der Waals surface area contributed by atoms with Crippen molar-refractivity contribution in [2.45, 2.75) is 13.1 Å². The van der Waals surface area contributed by atoms with Crippen molar-refractivity contribution < 1.29 is 4.42 Å². The van der Waals surface area contributed by atoms with Crippen LogP contribution in [-0.2, 0) is 13.1 Å². The number of anilines is 1. The Kier molecular flexibility index (Phi) is 3.00. The Morgan fingerprint density at radius 1 is 1.22 bits per heavy atom. The van der Waals surface area contributed by atoms with Crippen molar-refractivity contribution in [1.82, 2.24) is 10.3 Å². The van der Waals surface area contributed by atoms with Crippen molar-refractivity contribution in [2.75, 3.05) is 5.73 Å². The van der Waals surface area contributed by atoms with E-state index in [0.29, 0.717) is 5.13 Å². The number of fused-ring (bicyclic) bond motifs is 1. The van der Waals surface area contributed by atoms with E-state index >= 15 is 0 Å². The molecule has 18 heavy (non-hydrogen) atoms. The Hall–Kier alpha value is -1.85. The van der Waals surface area contributed by atoms with Crippen LogP contribution in [0.4, 0.5) is 5.13 Å². The van der Waals surface area contributed by atoms with Gasteiger partial charge in [0.15, 0.2) is 5.13 Å². The number of thiazole rings is 1. The monoisotopic (exact) mass is 259 g/mol. The molecule has 92 valence electrons. The lowest BCUT2D eigenvalue weighted by molar-refractivity contribution is 0.560. The van der Waals surface area contributed by atoms with Crippen molar-refractivity contribution >= 4 is 26.7 Å². The van der Waals surface area contributed by atoms with Crippen molar-refractivity contribution in [3.63, 3.8) is 0 Å². The van der Waals surface area contributed by atoms with Crippen LogP contribution in [0.1, 0.15) is 11.1 Å². The van der Waals surface area contributed by atoms with E-state index in [4.69, 9.17) is 10.2 Å². The molecule has 3 rings (SSSR count). The molecule has 0 radical (unpaired) electrons. The van der Waals surface area contributed by atoms with Gasteiger partial charge in [0, 0.05) is 18.7 Å². The fraction of sp³-hybridized carbons (Fsp3) is 0.154. The van der Waals surface area contributed by atoms with E-state index < -0.39 is 0 Å². The van der Waals surface area contributed by atoms with E-state index in [1.54, 1.807) is 12.5 Å². The number of rotatable bonds is 4. The maximum Gasteiger partial charge on any atom is 0.181 e. The fourth-order valence-electron chi connectivity index (χ4n) is 1.84. The third-order valence-electron chi connectivity index (χ3n) is 2.71. The van der Waals surface area contributed by atoms with E-state index in [1.165, 1.54) is 16.9 Å². The summed E-state index contributed by atoms with van der Waals surface area (Å²) in [5, 5.41) is 3.99. The van der Waals surface area contributed by atoms with Crippen LogP contribution in [0, 0.1) is 0 Å². The molecule has 1 aromatic carbocycles. The number of aromatic nitrogens is 1. The summed E-state index contributed by atoms with van der Waals surface area (Å²) in [6, 6.07) is 8.17. The summed E-state index contributed by atoms with van der Waals surface area (Å²) in [5.74, 6) is 0. The topological polar surface area (TPSA) is 64.1 Å². The van der Waals surface area contributed by atoms with Gasteiger partial charge < -0.3 is 15.5 Å². The van der Waals surface area contributed by atoms with E-state index in [0.717, 1.165) is 28.9 Å². The van der Waals surface area contributed by atoms with Gasteiger partial charge in [0.05, 0.1) is 22.7 Å². The molecule has 2 aromatic heterocycles. The van der Waals surface area contributed by atoms with Crippen molar-refractivity contribution in [2.24, 2.45) is 0 Å². The molecule has 0 saturated carbocycles. The number of hydrogen-bond donors (Lipinski definition) is 2. The third-order valence-corrected chi connectivity index (χ3v) is 3.56. The highest BCUT2D eigenvalue weighted by Crippen LogP contribution is 2.24. The summed E-state index contributed by atoms with van der Waals surface area (Å²) in [5.41, 5.74) is 9.04. The Labute approximate surface area is 108 Å². The summed E-state index contributed by atoms with van der Waals surface area (Å²) in [6.45, 7) is 1.62. The first-order chi connectivity index (χ1) is 8.81. The average Bonchev–Trinajstić information content (AvgIpc) is 2.96. The lowest BCUT2D eigenvalue weighted by Crippen LogP contribution is -2.11. The van der Waals surface area contributed by atoms with Crippen molar-refractivity contribution in [3.05, 3.63) is 47.9 Å². The molecular weight excluding hydrogens is 246 g/mol. The number of nitrogens with one attached hydrogen (secondary N) is 1. The first kappa shape index (κ1) is 11.3. The Bertz CT molecular complexity index is 645. The number of nitrogen functional groups attached to an aromatic ring is 1. The first-order valence-corrected chi connectivity index (χ1v) is 6.49. The quantitative estimate of drug-likeness (QED) is 0.756. The molecule has 3 N–H and O–H groups in total. The average molecular weight is 259 g/mol. The second-order valence-corrected chi connectivity index (χ2v) is 5.15. The minimum atomic E-state index is 0.619. The molecular formula is C13H13N3OS. The SMILES string of the molecule is Nc1nc2ccc(CNCc3ccoc3)cc2s1. The number of furan rings is 1. The van der Waals surface area contributed by atoms with Crippen LogP contribution in [0.15, 0.2) is 41.2 Å². The summed E-state index contributed by atoms with van der Waals surface area (Å²) in [4.78, 5) is 4.24. The molecule has 4 nitrogen and oxygen atoms in total. The van der Waals surface area contributed by atoms with Crippen LogP contribution in [0.5, 0.6) is 0 Å². The van der Waals surface area contributed by atoms with Crippen LogP contribution in [0.3, 0.4) is 0 Å². The molecule has 5 heteroatoms. The molecule has 0 unspecified atom stereocenters. The number of nitrogens with zero attached hydrogens (tertiary/aromatic N) is 1. The van der Waals surface area contributed by atoms with Gasteiger partial charge in [-0.05, 0) is 23.8 Å². The van der Waals surface area contributed by atoms with Crippen molar-refractivity contribution in [3.8, 4) is 0 Å². The predicted octanol–water partition coefficient (Wildman–Crippen LogP) is 2.76. The number of benzene rings is 1. The summed E-state index contributed by atoms with van der Waals surface area (Å²) in [6.07, 6.45) is 3.43.